The lowest BCUT2D eigenvalue weighted by Crippen LogP contribution is -2.30. The minimum absolute atomic E-state index is 0. The molecule has 3 N–H and O–H groups in total. The first kappa shape index (κ1) is 15.2. The second kappa shape index (κ2) is 7.54. The second-order valence-electron chi connectivity index (χ2n) is 4.39. The third kappa shape index (κ3) is 4.42. The van der Waals surface area contributed by atoms with Crippen LogP contribution in [-0.4, -0.2) is 24.0 Å². The Morgan fingerprint density at radius 2 is 1.89 bits per heavy atom. The smallest absolute Gasteiger partial charge is 0.251 e. The molecule has 1 aromatic rings. The minimum atomic E-state index is 0. The molecule has 0 bridgehead atoms. The normalized spacial score (nSPS) is 15.8. The van der Waals surface area contributed by atoms with Crippen LogP contribution in [0.2, 0.25) is 0 Å². The van der Waals surface area contributed by atoms with Crippen molar-refractivity contribution in [3.05, 3.63) is 29.8 Å². The maximum absolute atomic E-state index is 11.8. The van der Waals surface area contributed by atoms with E-state index in [4.69, 9.17) is 5.73 Å². The van der Waals surface area contributed by atoms with Gasteiger partial charge in [0.15, 0.2) is 0 Å². The van der Waals surface area contributed by atoms with Gasteiger partial charge in [0.2, 0.25) is 0 Å². The molecule has 3 nitrogen and oxygen atoms in total. The van der Waals surface area contributed by atoms with Crippen molar-refractivity contribution in [2.24, 2.45) is 5.92 Å². The summed E-state index contributed by atoms with van der Waals surface area (Å²) in [7, 11) is 0. The topological polar surface area (TPSA) is 55.1 Å². The molecule has 2 rings (SSSR count). The molecule has 0 aromatic heterocycles. The summed E-state index contributed by atoms with van der Waals surface area (Å²) in [6, 6.07) is 7.04. The molecule has 18 heavy (non-hydrogen) atoms. The summed E-state index contributed by atoms with van der Waals surface area (Å²) < 4.78 is 0. The van der Waals surface area contributed by atoms with Gasteiger partial charge in [-0.2, -0.15) is 11.8 Å². The van der Waals surface area contributed by atoms with Crippen LogP contribution >= 0.6 is 24.2 Å². The van der Waals surface area contributed by atoms with Crippen molar-refractivity contribution in [2.75, 3.05) is 23.8 Å². The molecule has 1 amide bonds. The van der Waals surface area contributed by atoms with Gasteiger partial charge in [-0.3, -0.25) is 4.79 Å². The van der Waals surface area contributed by atoms with Crippen LogP contribution in [0.4, 0.5) is 5.69 Å². The van der Waals surface area contributed by atoms with Crippen molar-refractivity contribution in [1.29, 1.82) is 0 Å². The molecule has 0 atom stereocenters. The standard InChI is InChI=1S/C13H18N2OS.ClH/c14-12-3-1-11(2-4-12)13(16)15-9-10-5-7-17-8-6-10;/h1-4,10H,5-9,14H2,(H,15,16);1H. The van der Waals surface area contributed by atoms with Gasteiger partial charge in [-0.25, -0.2) is 0 Å². The van der Waals surface area contributed by atoms with E-state index in [0.717, 1.165) is 6.54 Å². The lowest BCUT2D eigenvalue weighted by atomic mass is 10.0. The average molecular weight is 287 g/mol. The van der Waals surface area contributed by atoms with E-state index in [1.54, 1.807) is 24.3 Å². The molecule has 0 radical (unpaired) electrons. The van der Waals surface area contributed by atoms with Crippen molar-refractivity contribution in [1.82, 2.24) is 5.32 Å². The highest BCUT2D eigenvalue weighted by Crippen LogP contribution is 2.21. The molecule has 1 aromatic carbocycles. The van der Waals surface area contributed by atoms with Crippen molar-refractivity contribution >= 4 is 35.8 Å². The fraction of sp³-hybridized carbons (Fsp3) is 0.462. The Kier molecular flexibility index (Phi) is 6.36. The molecule has 5 heteroatoms. The van der Waals surface area contributed by atoms with Gasteiger partial charge in [0.1, 0.15) is 0 Å². The van der Waals surface area contributed by atoms with Crippen molar-refractivity contribution in [3.8, 4) is 0 Å². The summed E-state index contributed by atoms with van der Waals surface area (Å²) in [5.74, 6) is 3.10. The van der Waals surface area contributed by atoms with Crippen LogP contribution in [0.15, 0.2) is 24.3 Å². The molecule has 0 aliphatic carbocycles. The summed E-state index contributed by atoms with van der Waals surface area (Å²) in [5.41, 5.74) is 6.95. The average Bonchev–Trinajstić information content (AvgIpc) is 2.38. The summed E-state index contributed by atoms with van der Waals surface area (Å²) >= 11 is 2.00. The summed E-state index contributed by atoms with van der Waals surface area (Å²) in [6.45, 7) is 0.795. The Balaban J connectivity index is 0.00000162. The number of thioether (sulfide) groups is 1. The number of carbonyl (C=O) groups is 1. The monoisotopic (exact) mass is 286 g/mol. The van der Waals surface area contributed by atoms with Crippen LogP contribution in [-0.2, 0) is 0 Å². The number of halogens is 1. The Bertz CT molecular complexity index is 377. The number of nitrogens with two attached hydrogens (primary N) is 1. The lowest BCUT2D eigenvalue weighted by molar-refractivity contribution is 0.0946. The summed E-state index contributed by atoms with van der Waals surface area (Å²) in [6.07, 6.45) is 2.43. The molecular weight excluding hydrogens is 268 g/mol. The van der Waals surface area contributed by atoms with Crippen LogP contribution in [0.3, 0.4) is 0 Å². The van der Waals surface area contributed by atoms with Gasteiger partial charge < -0.3 is 11.1 Å². The van der Waals surface area contributed by atoms with Crippen LogP contribution < -0.4 is 11.1 Å². The van der Waals surface area contributed by atoms with Gasteiger partial charge in [-0.1, -0.05) is 0 Å². The van der Waals surface area contributed by atoms with Gasteiger partial charge >= 0.3 is 0 Å². The number of nitrogens with one attached hydrogen (secondary N) is 1. The molecule has 0 saturated carbocycles. The minimum Gasteiger partial charge on any atom is -0.399 e. The predicted molar refractivity (Wildman–Crippen MR) is 80.5 cm³/mol. The molecule has 0 unspecified atom stereocenters. The fourth-order valence-electron chi connectivity index (χ4n) is 1.92. The van der Waals surface area contributed by atoms with Gasteiger partial charge in [-0.15, -0.1) is 12.4 Å². The highest BCUT2D eigenvalue weighted by Gasteiger charge is 2.14. The molecule has 1 aliphatic heterocycles. The molecule has 100 valence electrons. The number of amides is 1. The third-order valence-corrected chi connectivity index (χ3v) is 4.11. The first-order chi connectivity index (χ1) is 8.25. The maximum Gasteiger partial charge on any atom is 0.251 e. The summed E-state index contributed by atoms with van der Waals surface area (Å²) in [4.78, 5) is 11.8. The Hall–Kier alpha value is -0.870. The van der Waals surface area contributed by atoms with E-state index in [2.05, 4.69) is 5.32 Å². The predicted octanol–water partition coefficient (Wildman–Crippen LogP) is 2.56. The van der Waals surface area contributed by atoms with Gasteiger partial charge in [0, 0.05) is 17.8 Å². The Labute approximate surface area is 118 Å². The molecule has 1 aliphatic rings. The molecule has 1 heterocycles. The number of anilines is 1. The summed E-state index contributed by atoms with van der Waals surface area (Å²) in [5, 5.41) is 3.00. The number of hydrogen-bond donors (Lipinski definition) is 2. The van der Waals surface area contributed by atoms with Crippen LogP contribution in [0.5, 0.6) is 0 Å². The van der Waals surface area contributed by atoms with E-state index in [-0.39, 0.29) is 18.3 Å². The van der Waals surface area contributed by atoms with E-state index in [0.29, 0.717) is 17.2 Å². The van der Waals surface area contributed by atoms with Gasteiger partial charge in [0.25, 0.3) is 5.91 Å². The van der Waals surface area contributed by atoms with E-state index in [9.17, 15) is 4.79 Å². The van der Waals surface area contributed by atoms with E-state index in [1.807, 2.05) is 11.8 Å². The Morgan fingerprint density at radius 3 is 2.50 bits per heavy atom. The zero-order valence-corrected chi connectivity index (χ0v) is 11.9. The number of benzene rings is 1. The zero-order chi connectivity index (χ0) is 12.1. The van der Waals surface area contributed by atoms with Crippen molar-refractivity contribution in [3.63, 3.8) is 0 Å². The third-order valence-electron chi connectivity index (χ3n) is 3.07. The quantitative estimate of drug-likeness (QED) is 0.840. The highest BCUT2D eigenvalue weighted by atomic mass is 35.5. The second-order valence-corrected chi connectivity index (χ2v) is 5.61. The van der Waals surface area contributed by atoms with E-state index in [1.165, 1.54) is 24.3 Å². The van der Waals surface area contributed by atoms with E-state index < -0.39 is 0 Å². The maximum atomic E-state index is 11.8. The first-order valence-electron chi connectivity index (χ1n) is 5.97. The lowest BCUT2D eigenvalue weighted by Gasteiger charge is -2.21. The number of rotatable bonds is 3. The Morgan fingerprint density at radius 1 is 1.28 bits per heavy atom. The van der Waals surface area contributed by atoms with Crippen molar-refractivity contribution in [2.45, 2.75) is 12.8 Å². The highest BCUT2D eigenvalue weighted by molar-refractivity contribution is 7.99. The van der Waals surface area contributed by atoms with Crippen LogP contribution in [0.1, 0.15) is 23.2 Å². The van der Waals surface area contributed by atoms with Gasteiger partial charge in [0.05, 0.1) is 0 Å². The molecular formula is C13H19ClN2OS. The van der Waals surface area contributed by atoms with E-state index >= 15 is 0 Å². The number of carbonyl (C=O) groups excluding carboxylic acids is 1. The van der Waals surface area contributed by atoms with Crippen LogP contribution in [0, 0.1) is 5.92 Å². The van der Waals surface area contributed by atoms with Crippen LogP contribution in [0.25, 0.3) is 0 Å². The molecule has 1 saturated heterocycles. The number of hydrogen-bond acceptors (Lipinski definition) is 3. The van der Waals surface area contributed by atoms with Crippen molar-refractivity contribution < 1.29 is 4.79 Å². The van der Waals surface area contributed by atoms with Gasteiger partial charge in [-0.05, 0) is 54.5 Å². The zero-order valence-electron chi connectivity index (χ0n) is 10.2. The SMILES string of the molecule is Cl.Nc1ccc(C(=O)NCC2CCSCC2)cc1. The largest absolute Gasteiger partial charge is 0.399 e. The number of nitrogen functional groups attached to an aromatic ring is 1. The first-order valence-corrected chi connectivity index (χ1v) is 7.12. The fourth-order valence-corrected chi connectivity index (χ4v) is 3.13. The molecule has 1 fully saturated rings. The molecule has 0 spiro atoms.